The van der Waals surface area contributed by atoms with Crippen molar-refractivity contribution in [1.82, 2.24) is 0 Å². The number of carbonyl (C=O) groups is 2. The van der Waals surface area contributed by atoms with E-state index in [-0.39, 0.29) is 17.6 Å². The second-order valence-corrected chi connectivity index (χ2v) is 5.17. The number of carbonyl (C=O) groups excluding carboxylic acids is 2. The predicted octanol–water partition coefficient (Wildman–Crippen LogP) is 4.26. The molecule has 1 rings (SSSR count). The summed E-state index contributed by atoms with van der Waals surface area (Å²) in [6, 6.07) is 7.04. The monoisotopic (exact) mass is 295 g/mol. The lowest BCUT2D eigenvalue weighted by molar-refractivity contribution is -0.120. The molecule has 0 spiro atoms. The van der Waals surface area contributed by atoms with E-state index >= 15 is 0 Å². The highest BCUT2D eigenvalue weighted by atomic mass is 35.5. The molecule has 0 radical (unpaired) electrons. The molecule has 20 heavy (non-hydrogen) atoms. The number of benzene rings is 1. The molecule has 3 nitrogen and oxygen atoms in total. The van der Waals surface area contributed by atoms with Gasteiger partial charge in [-0.05, 0) is 43.5 Å². The summed E-state index contributed by atoms with van der Waals surface area (Å²) in [6.07, 6.45) is 2.81. The van der Waals surface area contributed by atoms with Gasteiger partial charge in [-0.3, -0.25) is 9.59 Å². The van der Waals surface area contributed by atoms with Gasteiger partial charge in [-0.15, -0.1) is 11.6 Å². The van der Waals surface area contributed by atoms with Crippen LogP contribution in [0.25, 0.3) is 0 Å². The van der Waals surface area contributed by atoms with E-state index in [2.05, 4.69) is 5.32 Å². The van der Waals surface area contributed by atoms with Gasteiger partial charge in [-0.2, -0.15) is 0 Å². The summed E-state index contributed by atoms with van der Waals surface area (Å²) < 4.78 is 0. The molecule has 1 amide bonds. The van der Waals surface area contributed by atoms with Crippen molar-refractivity contribution in [1.29, 1.82) is 0 Å². The third kappa shape index (κ3) is 4.97. The molecule has 0 bridgehead atoms. The third-order valence-electron chi connectivity index (χ3n) is 3.37. The molecule has 0 aliphatic rings. The summed E-state index contributed by atoms with van der Waals surface area (Å²) in [5.41, 5.74) is 1.39. The molecule has 0 aliphatic carbocycles. The molecular weight excluding hydrogens is 274 g/mol. The van der Waals surface area contributed by atoms with Gasteiger partial charge in [0.1, 0.15) is 0 Å². The molecule has 0 atom stereocenters. The van der Waals surface area contributed by atoms with E-state index < -0.39 is 0 Å². The minimum Gasteiger partial charge on any atom is -0.326 e. The lowest BCUT2D eigenvalue weighted by atomic mass is 10.0. The SMILES string of the molecule is CCC(CC)C(=O)Nc1ccc(C(=O)CCCCl)cc1. The van der Waals surface area contributed by atoms with Crippen LogP contribution < -0.4 is 5.32 Å². The molecule has 0 saturated heterocycles. The highest BCUT2D eigenvalue weighted by Crippen LogP contribution is 2.15. The van der Waals surface area contributed by atoms with Crippen molar-refractivity contribution in [2.75, 3.05) is 11.2 Å². The van der Waals surface area contributed by atoms with E-state index in [9.17, 15) is 9.59 Å². The maximum Gasteiger partial charge on any atom is 0.227 e. The van der Waals surface area contributed by atoms with Crippen molar-refractivity contribution in [3.8, 4) is 0 Å². The Bertz CT molecular complexity index is 438. The van der Waals surface area contributed by atoms with E-state index in [0.29, 0.717) is 24.3 Å². The van der Waals surface area contributed by atoms with Crippen molar-refractivity contribution in [2.45, 2.75) is 39.5 Å². The molecule has 0 fully saturated rings. The Balaban J connectivity index is 2.62. The maximum absolute atomic E-state index is 11.9. The Morgan fingerprint density at radius 2 is 1.75 bits per heavy atom. The van der Waals surface area contributed by atoms with Gasteiger partial charge in [-0.25, -0.2) is 0 Å². The van der Waals surface area contributed by atoms with Gasteiger partial charge >= 0.3 is 0 Å². The first-order valence-corrected chi connectivity index (χ1v) is 7.65. The zero-order chi connectivity index (χ0) is 15.0. The first-order chi connectivity index (χ1) is 9.62. The quantitative estimate of drug-likeness (QED) is 0.575. The number of amides is 1. The standard InChI is InChI=1S/C16H22ClNO2/c1-3-12(4-2)16(20)18-14-9-7-13(8-10-14)15(19)6-5-11-17/h7-10,12H,3-6,11H2,1-2H3,(H,18,20). The molecule has 110 valence electrons. The van der Waals surface area contributed by atoms with Gasteiger partial charge in [0.15, 0.2) is 5.78 Å². The van der Waals surface area contributed by atoms with Crippen LogP contribution in [-0.4, -0.2) is 17.6 Å². The third-order valence-corrected chi connectivity index (χ3v) is 3.64. The summed E-state index contributed by atoms with van der Waals surface area (Å²) in [7, 11) is 0. The number of alkyl halides is 1. The zero-order valence-electron chi connectivity index (χ0n) is 12.1. The van der Waals surface area contributed by atoms with E-state index in [1.165, 1.54) is 0 Å². The van der Waals surface area contributed by atoms with Crippen LogP contribution in [0.4, 0.5) is 5.69 Å². The smallest absolute Gasteiger partial charge is 0.227 e. The van der Waals surface area contributed by atoms with Gasteiger partial charge in [0.25, 0.3) is 0 Å². The van der Waals surface area contributed by atoms with E-state index in [0.717, 1.165) is 18.5 Å². The highest BCUT2D eigenvalue weighted by Gasteiger charge is 2.14. The fourth-order valence-corrected chi connectivity index (χ4v) is 2.15. The Morgan fingerprint density at radius 1 is 1.15 bits per heavy atom. The van der Waals surface area contributed by atoms with Crippen LogP contribution in [0.2, 0.25) is 0 Å². The van der Waals surface area contributed by atoms with Crippen LogP contribution in [-0.2, 0) is 4.79 Å². The van der Waals surface area contributed by atoms with E-state index in [1.54, 1.807) is 24.3 Å². The Hall–Kier alpha value is -1.35. The summed E-state index contributed by atoms with van der Waals surface area (Å²) in [6.45, 7) is 4.01. The van der Waals surface area contributed by atoms with Crippen LogP contribution in [0.15, 0.2) is 24.3 Å². The first-order valence-electron chi connectivity index (χ1n) is 7.12. The van der Waals surface area contributed by atoms with Gasteiger partial charge in [0, 0.05) is 29.5 Å². The summed E-state index contributed by atoms with van der Waals surface area (Å²) in [4.78, 5) is 23.7. The Labute approximate surface area is 125 Å². The van der Waals surface area contributed by atoms with Gasteiger partial charge < -0.3 is 5.32 Å². The Morgan fingerprint density at radius 3 is 2.25 bits per heavy atom. The number of hydrogen-bond donors (Lipinski definition) is 1. The molecule has 0 unspecified atom stereocenters. The van der Waals surface area contributed by atoms with Crippen molar-refractivity contribution in [3.63, 3.8) is 0 Å². The predicted molar refractivity (Wildman–Crippen MR) is 83.4 cm³/mol. The maximum atomic E-state index is 11.9. The zero-order valence-corrected chi connectivity index (χ0v) is 12.9. The summed E-state index contributed by atoms with van der Waals surface area (Å²) >= 11 is 5.57. The lowest BCUT2D eigenvalue weighted by Crippen LogP contribution is -2.21. The largest absolute Gasteiger partial charge is 0.326 e. The van der Waals surface area contributed by atoms with Crippen LogP contribution in [0.3, 0.4) is 0 Å². The van der Waals surface area contributed by atoms with Crippen molar-refractivity contribution >= 4 is 29.0 Å². The van der Waals surface area contributed by atoms with Crippen molar-refractivity contribution < 1.29 is 9.59 Å². The molecule has 0 saturated carbocycles. The lowest BCUT2D eigenvalue weighted by Gasteiger charge is -2.12. The number of Topliss-reactive ketones (excluding diaryl/α,β-unsaturated/α-hetero) is 1. The summed E-state index contributed by atoms with van der Waals surface area (Å²) in [5.74, 6) is 0.662. The van der Waals surface area contributed by atoms with Crippen LogP contribution >= 0.6 is 11.6 Å². The minimum atomic E-state index is 0.0382. The fourth-order valence-electron chi connectivity index (χ4n) is 2.01. The second-order valence-electron chi connectivity index (χ2n) is 4.80. The van der Waals surface area contributed by atoms with Gasteiger partial charge in [0.2, 0.25) is 5.91 Å². The number of nitrogens with one attached hydrogen (secondary N) is 1. The van der Waals surface area contributed by atoms with E-state index in [4.69, 9.17) is 11.6 Å². The van der Waals surface area contributed by atoms with Crippen molar-refractivity contribution in [3.05, 3.63) is 29.8 Å². The molecule has 1 N–H and O–H groups in total. The number of ketones is 1. The number of anilines is 1. The number of hydrogen-bond acceptors (Lipinski definition) is 2. The average molecular weight is 296 g/mol. The molecule has 1 aromatic rings. The van der Waals surface area contributed by atoms with Gasteiger partial charge in [-0.1, -0.05) is 13.8 Å². The van der Waals surface area contributed by atoms with Crippen LogP contribution in [0.1, 0.15) is 49.9 Å². The second kappa shape index (κ2) is 8.75. The molecule has 4 heteroatoms. The molecule has 1 aromatic carbocycles. The van der Waals surface area contributed by atoms with Crippen LogP contribution in [0.5, 0.6) is 0 Å². The normalized spacial score (nSPS) is 10.6. The number of rotatable bonds is 8. The summed E-state index contributed by atoms with van der Waals surface area (Å²) in [5, 5.41) is 2.88. The van der Waals surface area contributed by atoms with Crippen molar-refractivity contribution in [2.24, 2.45) is 5.92 Å². The molecule has 0 aliphatic heterocycles. The first kappa shape index (κ1) is 16.7. The minimum absolute atomic E-state index is 0.0382. The van der Waals surface area contributed by atoms with Gasteiger partial charge in [0.05, 0.1) is 0 Å². The highest BCUT2D eigenvalue weighted by molar-refractivity contribution is 6.18. The molecule has 0 aromatic heterocycles. The van der Waals surface area contributed by atoms with E-state index in [1.807, 2.05) is 13.8 Å². The molecule has 0 heterocycles. The average Bonchev–Trinajstić information content (AvgIpc) is 2.46. The van der Waals surface area contributed by atoms with Crippen LogP contribution in [0, 0.1) is 5.92 Å². The number of halogens is 1. The topological polar surface area (TPSA) is 46.2 Å². The molecular formula is C16H22ClNO2. The fraction of sp³-hybridized carbons (Fsp3) is 0.500. The Kier molecular flexibility index (Phi) is 7.31.